The maximum absolute atomic E-state index is 13.7. The molecule has 0 aliphatic carbocycles. The molecule has 0 bridgehead atoms. The smallest absolute Gasteiger partial charge is 0.407 e. The summed E-state index contributed by atoms with van der Waals surface area (Å²) in [6.45, 7) is 1.18. The van der Waals surface area contributed by atoms with Crippen LogP contribution in [-0.4, -0.2) is 109 Å². The van der Waals surface area contributed by atoms with Gasteiger partial charge >= 0.3 is 6.09 Å². The summed E-state index contributed by atoms with van der Waals surface area (Å²) in [4.78, 5) is 12.5. The van der Waals surface area contributed by atoms with Gasteiger partial charge in [-0.3, -0.25) is 0 Å². The van der Waals surface area contributed by atoms with E-state index in [9.17, 15) is 18.3 Å². The third kappa shape index (κ3) is 6.99. The Morgan fingerprint density at radius 1 is 1.26 bits per heavy atom. The average molecular weight is 554 g/mol. The minimum atomic E-state index is -4.11. The summed E-state index contributed by atoms with van der Waals surface area (Å²) in [5, 5.41) is 13.5. The first-order valence-electron chi connectivity index (χ1n) is 12.7. The molecule has 4 rings (SSSR count). The minimum absolute atomic E-state index is 0.0155. The number of aliphatic hydroxyl groups excluding tert-OH is 1. The van der Waals surface area contributed by atoms with Crippen LogP contribution >= 0.6 is 0 Å². The SMILES string of the molecule is B[C@H](NC(=O)O[C@H]1CO[C@H]2OCC[C@H]21)[C@H](O)CN1CCOC/C=C\CCOc2cc(OC)ccc2S1(=O)=O. The molecule has 38 heavy (non-hydrogen) atoms. The van der Waals surface area contributed by atoms with Crippen molar-refractivity contribution in [3.05, 3.63) is 30.4 Å². The van der Waals surface area contributed by atoms with E-state index < -0.39 is 34.3 Å². The summed E-state index contributed by atoms with van der Waals surface area (Å²) in [6, 6.07) is 4.48. The molecule has 1 amide bonds. The maximum atomic E-state index is 13.7. The monoisotopic (exact) mass is 554 g/mol. The van der Waals surface area contributed by atoms with Crippen LogP contribution < -0.4 is 14.8 Å². The Morgan fingerprint density at radius 3 is 2.92 bits per heavy atom. The molecule has 0 radical (unpaired) electrons. The average Bonchev–Trinajstić information content (AvgIpc) is 3.51. The second-order valence-electron chi connectivity index (χ2n) is 9.33. The molecule has 1 aromatic rings. The number of fused-ring (bicyclic) bond motifs is 2. The predicted molar refractivity (Wildman–Crippen MR) is 137 cm³/mol. The molecule has 14 heteroatoms. The van der Waals surface area contributed by atoms with E-state index >= 15 is 0 Å². The largest absolute Gasteiger partial charge is 0.497 e. The van der Waals surface area contributed by atoms with E-state index in [1.807, 2.05) is 12.2 Å². The number of nitrogens with zero attached hydrogens (tertiary/aromatic N) is 1. The van der Waals surface area contributed by atoms with Crippen LogP contribution in [0.3, 0.4) is 0 Å². The lowest BCUT2D eigenvalue weighted by Gasteiger charge is -2.28. The zero-order valence-electron chi connectivity index (χ0n) is 21.6. The molecule has 5 atom stereocenters. The Labute approximate surface area is 223 Å². The van der Waals surface area contributed by atoms with Crippen LogP contribution in [0.15, 0.2) is 35.2 Å². The number of alkyl carbamates (subject to hydrolysis) is 1. The number of methoxy groups -OCH3 is 1. The minimum Gasteiger partial charge on any atom is -0.497 e. The number of hydrogen-bond acceptors (Lipinski definition) is 10. The van der Waals surface area contributed by atoms with Gasteiger partial charge in [-0.05, 0) is 25.0 Å². The van der Waals surface area contributed by atoms with Crippen molar-refractivity contribution in [3.8, 4) is 11.5 Å². The Bertz CT molecular complexity index is 1090. The standard InChI is InChI=1S/C24H35BN2O10S/c1-32-16-5-6-21-19(13-16)34-10-4-2-3-9-33-12-8-27(38(21,30)31)14-18(28)22(25)26-24(29)37-20-15-36-23-17(20)7-11-35-23/h2-3,5-6,13,17-18,20,22-23,28H,4,7-12,14-15,25H2,1H3,(H,26,29)/b3-2-/t17-,18+,20-,22+,23+/m0/s1. The second kappa shape index (κ2) is 13.1. The molecule has 0 saturated carbocycles. The third-order valence-corrected chi connectivity index (χ3v) is 8.64. The molecule has 3 aliphatic heterocycles. The number of carbonyl (C=O) groups excluding carboxylic acids is 1. The number of nitrogens with one attached hydrogen (secondary N) is 1. The molecule has 2 saturated heterocycles. The van der Waals surface area contributed by atoms with Gasteiger partial charge in [-0.1, -0.05) is 12.2 Å². The van der Waals surface area contributed by atoms with Crippen molar-refractivity contribution < 1.29 is 46.7 Å². The molecule has 0 aromatic heterocycles. The fraction of sp³-hybridized carbons (Fsp3) is 0.625. The number of carbonyl (C=O) groups is 1. The second-order valence-corrected chi connectivity index (χ2v) is 11.2. The predicted octanol–water partition coefficient (Wildman–Crippen LogP) is -0.151. The van der Waals surface area contributed by atoms with E-state index in [4.69, 9.17) is 28.4 Å². The van der Waals surface area contributed by atoms with Gasteiger partial charge < -0.3 is 38.8 Å². The van der Waals surface area contributed by atoms with Gasteiger partial charge in [-0.25, -0.2) is 13.2 Å². The first-order chi connectivity index (χ1) is 18.3. The Morgan fingerprint density at radius 2 is 2.11 bits per heavy atom. The van der Waals surface area contributed by atoms with Crippen LogP contribution in [0.5, 0.6) is 11.5 Å². The Kier molecular flexibility index (Phi) is 9.90. The van der Waals surface area contributed by atoms with Crippen molar-refractivity contribution >= 4 is 24.0 Å². The normalized spacial score (nSPS) is 28.2. The van der Waals surface area contributed by atoms with Gasteiger partial charge in [0.25, 0.3) is 0 Å². The van der Waals surface area contributed by atoms with E-state index in [-0.39, 0.29) is 55.8 Å². The number of β-amino-alcohol motifs (C(OH)–C–C–N with tert-alkyl or cyclic N) is 1. The van der Waals surface area contributed by atoms with Crippen LogP contribution in [-0.2, 0) is 29.0 Å². The molecular formula is C24H35BN2O10S. The number of hydrogen-bond donors (Lipinski definition) is 2. The van der Waals surface area contributed by atoms with Crippen molar-refractivity contribution in [2.75, 3.05) is 53.2 Å². The zero-order valence-corrected chi connectivity index (χ0v) is 22.4. The maximum Gasteiger partial charge on any atom is 0.407 e. The lowest BCUT2D eigenvalue weighted by Crippen LogP contribution is -2.51. The van der Waals surface area contributed by atoms with E-state index in [1.165, 1.54) is 25.3 Å². The highest BCUT2D eigenvalue weighted by Crippen LogP contribution is 2.33. The Balaban J connectivity index is 1.45. The number of amides is 1. The topological polar surface area (TPSA) is 142 Å². The fourth-order valence-electron chi connectivity index (χ4n) is 4.50. The highest BCUT2D eigenvalue weighted by molar-refractivity contribution is 7.89. The van der Waals surface area contributed by atoms with E-state index in [1.54, 1.807) is 7.85 Å². The van der Waals surface area contributed by atoms with E-state index in [0.717, 1.165) is 10.7 Å². The van der Waals surface area contributed by atoms with E-state index in [0.29, 0.717) is 25.4 Å². The molecular weight excluding hydrogens is 519 g/mol. The third-order valence-electron chi connectivity index (χ3n) is 6.73. The van der Waals surface area contributed by atoms with Gasteiger partial charge in [0, 0.05) is 25.1 Å². The molecule has 2 fully saturated rings. The van der Waals surface area contributed by atoms with E-state index in [2.05, 4.69) is 5.32 Å². The molecule has 3 aliphatic rings. The highest BCUT2D eigenvalue weighted by atomic mass is 32.2. The molecule has 0 unspecified atom stereocenters. The highest BCUT2D eigenvalue weighted by Gasteiger charge is 2.44. The molecule has 2 N–H and O–H groups in total. The molecule has 1 aromatic carbocycles. The first-order valence-corrected chi connectivity index (χ1v) is 14.2. The summed E-state index contributed by atoms with van der Waals surface area (Å²) < 4.78 is 61.6. The van der Waals surface area contributed by atoms with Crippen LogP contribution in [0.25, 0.3) is 0 Å². The molecule has 0 spiro atoms. The van der Waals surface area contributed by atoms with Gasteiger partial charge in [0.05, 0.1) is 52.2 Å². The van der Waals surface area contributed by atoms with Crippen molar-refractivity contribution in [1.82, 2.24) is 9.62 Å². The van der Waals surface area contributed by atoms with Crippen molar-refractivity contribution in [2.45, 2.75) is 42.2 Å². The first kappa shape index (κ1) is 28.6. The summed E-state index contributed by atoms with van der Waals surface area (Å²) in [6.07, 6.45) is 2.30. The number of benzene rings is 1. The van der Waals surface area contributed by atoms with Crippen molar-refractivity contribution in [3.63, 3.8) is 0 Å². The fourth-order valence-corrected chi connectivity index (χ4v) is 6.05. The molecule has 210 valence electrons. The van der Waals surface area contributed by atoms with Crippen LogP contribution in [0, 0.1) is 5.92 Å². The molecule has 3 heterocycles. The molecule has 12 nitrogen and oxygen atoms in total. The number of ether oxygens (including phenoxy) is 6. The summed E-state index contributed by atoms with van der Waals surface area (Å²) in [5.74, 6) is -0.225. The van der Waals surface area contributed by atoms with Gasteiger partial charge in [-0.2, -0.15) is 4.31 Å². The summed E-state index contributed by atoms with van der Waals surface area (Å²) >= 11 is 0. The van der Waals surface area contributed by atoms with Gasteiger partial charge in [0.1, 0.15) is 30.3 Å². The van der Waals surface area contributed by atoms with Gasteiger partial charge in [-0.15, -0.1) is 0 Å². The quantitative estimate of drug-likeness (QED) is 0.360. The van der Waals surface area contributed by atoms with Gasteiger partial charge in [0.2, 0.25) is 10.0 Å². The van der Waals surface area contributed by atoms with Crippen LogP contribution in [0.2, 0.25) is 0 Å². The van der Waals surface area contributed by atoms with Crippen LogP contribution in [0.4, 0.5) is 4.79 Å². The van der Waals surface area contributed by atoms with Crippen molar-refractivity contribution in [1.29, 1.82) is 0 Å². The number of sulfonamides is 1. The summed E-state index contributed by atoms with van der Waals surface area (Å²) in [7, 11) is -1.05. The van der Waals surface area contributed by atoms with Crippen molar-refractivity contribution in [2.24, 2.45) is 5.92 Å². The number of aliphatic hydroxyl groups is 1. The van der Waals surface area contributed by atoms with Crippen LogP contribution in [0.1, 0.15) is 12.8 Å². The summed E-state index contributed by atoms with van der Waals surface area (Å²) in [5.41, 5.74) is 0. The lowest BCUT2D eigenvalue weighted by molar-refractivity contribution is -0.0907. The lowest BCUT2D eigenvalue weighted by atomic mass is 9.91. The Hall–Kier alpha value is -2.36. The zero-order chi connectivity index (χ0) is 27.1. The number of rotatable bonds is 6. The van der Waals surface area contributed by atoms with Gasteiger partial charge in [0.15, 0.2) is 6.29 Å².